The lowest BCUT2D eigenvalue weighted by Crippen LogP contribution is -2.40. The number of rotatable bonds is 6. The first kappa shape index (κ1) is 17.9. The molecule has 0 aliphatic carbocycles. The van der Waals surface area contributed by atoms with E-state index < -0.39 is 6.04 Å². The molecule has 0 fully saturated rings. The third-order valence-electron chi connectivity index (χ3n) is 3.34. The molecule has 0 bridgehead atoms. The van der Waals surface area contributed by atoms with Crippen molar-refractivity contribution in [3.63, 3.8) is 0 Å². The van der Waals surface area contributed by atoms with Crippen molar-refractivity contribution in [3.8, 4) is 0 Å². The zero-order chi connectivity index (χ0) is 14.5. The lowest BCUT2D eigenvalue weighted by molar-refractivity contribution is -0.122. The van der Waals surface area contributed by atoms with E-state index in [4.69, 9.17) is 10.2 Å². The predicted molar refractivity (Wildman–Crippen MR) is 91.0 cm³/mol. The number of amides is 1. The Hall–Kier alpha value is -1.17. The van der Waals surface area contributed by atoms with Gasteiger partial charge >= 0.3 is 0 Å². The van der Waals surface area contributed by atoms with Gasteiger partial charge < -0.3 is 15.5 Å². The van der Waals surface area contributed by atoms with Gasteiger partial charge in [-0.2, -0.15) is 11.8 Å². The molecule has 1 heterocycles. The van der Waals surface area contributed by atoms with Gasteiger partial charge in [-0.15, -0.1) is 12.4 Å². The highest BCUT2D eigenvalue weighted by atomic mass is 35.5. The molecule has 0 aliphatic rings. The summed E-state index contributed by atoms with van der Waals surface area (Å²) in [5.74, 6) is 1.55. The lowest BCUT2D eigenvalue weighted by Gasteiger charge is -2.10. The second-order valence-electron chi connectivity index (χ2n) is 4.75. The number of halogens is 1. The van der Waals surface area contributed by atoms with Gasteiger partial charge in [-0.1, -0.05) is 18.2 Å². The zero-order valence-corrected chi connectivity index (χ0v) is 13.9. The number of thioether (sulfide) groups is 1. The second kappa shape index (κ2) is 8.32. The van der Waals surface area contributed by atoms with Gasteiger partial charge in [0.2, 0.25) is 5.91 Å². The summed E-state index contributed by atoms with van der Waals surface area (Å²) in [4.78, 5) is 11.9. The maximum Gasteiger partial charge on any atom is 0.237 e. The van der Waals surface area contributed by atoms with Crippen molar-refractivity contribution in [2.45, 2.75) is 25.9 Å². The van der Waals surface area contributed by atoms with Crippen LogP contribution in [0.15, 0.2) is 28.7 Å². The van der Waals surface area contributed by atoms with E-state index in [9.17, 15) is 4.79 Å². The van der Waals surface area contributed by atoms with E-state index in [1.165, 1.54) is 0 Å². The summed E-state index contributed by atoms with van der Waals surface area (Å²) in [6, 6.07) is 7.41. The molecule has 2 rings (SSSR count). The number of hydrogen-bond donors (Lipinski definition) is 2. The van der Waals surface area contributed by atoms with Crippen LogP contribution in [-0.4, -0.2) is 24.0 Å². The summed E-state index contributed by atoms with van der Waals surface area (Å²) in [7, 11) is 0. The number of carbonyl (C=O) groups is 1. The molecule has 116 valence electrons. The highest BCUT2D eigenvalue weighted by Gasteiger charge is 2.15. The first-order valence-corrected chi connectivity index (χ1v) is 8.02. The second-order valence-corrected chi connectivity index (χ2v) is 5.74. The Bertz CT molecular complexity index is 600. The number of benzene rings is 1. The van der Waals surface area contributed by atoms with Gasteiger partial charge in [-0.3, -0.25) is 4.79 Å². The van der Waals surface area contributed by atoms with E-state index in [1.54, 1.807) is 11.8 Å². The van der Waals surface area contributed by atoms with Crippen molar-refractivity contribution >= 4 is 41.0 Å². The summed E-state index contributed by atoms with van der Waals surface area (Å²) in [5, 5.41) is 3.93. The number of furan rings is 1. The first-order chi connectivity index (χ1) is 9.63. The third kappa shape index (κ3) is 4.40. The van der Waals surface area contributed by atoms with Gasteiger partial charge in [0.25, 0.3) is 0 Å². The Morgan fingerprint density at radius 2 is 2.14 bits per heavy atom. The van der Waals surface area contributed by atoms with Crippen LogP contribution in [0.1, 0.15) is 17.7 Å². The van der Waals surface area contributed by atoms with Crippen LogP contribution in [0.5, 0.6) is 0 Å². The van der Waals surface area contributed by atoms with Crippen molar-refractivity contribution in [2.24, 2.45) is 5.73 Å². The first-order valence-electron chi connectivity index (χ1n) is 6.62. The molecule has 1 atom stereocenters. The van der Waals surface area contributed by atoms with E-state index in [-0.39, 0.29) is 18.3 Å². The molecular formula is C15H21ClN2O2S. The maximum absolute atomic E-state index is 11.9. The summed E-state index contributed by atoms with van der Waals surface area (Å²) >= 11 is 1.69. The molecule has 0 unspecified atom stereocenters. The van der Waals surface area contributed by atoms with E-state index in [2.05, 4.69) is 5.32 Å². The van der Waals surface area contributed by atoms with Crippen LogP contribution >= 0.6 is 24.2 Å². The van der Waals surface area contributed by atoms with Gasteiger partial charge in [-0.05, 0) is 31.4 Å². The number of carbonyl (C=O) groups excluding carboxylic acids is 1. The molecule has 1 aromatic carbocycles. The van der Waals surface area contributed by atoms with Crippen molar-refractivity contribution in [1.82, 2.24) is 5.32 Å². The lowest BCUT2D eigenvalue weighted by atomic mass is 10.1. The van der Waals surface area contributed by atoms with Crippen LogP contribution in [0.3, 0.4) is 0 Å². The van der Waals surface area contributed by atoms with E-state index >= 15 is 0 Å². The molecule has 3 N–H and O–H groups in total. The number of hydrogen-bond acceptors (Lipinski definition) is 4. The Balaban J connectivity index is 0.00000220. The van der Waals surface area contributed by atoms with Gasteiger partial charge in [-0.25, -0.2) is 0 Å². The van der Waals surface area contributed by atoms with Gasteiger partial charge in [0.1, 0.15) is 11.3 Å². The largest absolute Gasteiger partial charge is 0.459 e. The average Bonchev–Trinajstić information content (AvgIpc) is 2.79. The molecule has 21 heavy (non-hydrogen) atoms. The summed E-state index contributed by atoms with van der Waals surface area (Å²) in [5.41, 5.74) is 7.74. The van der Waals surface area contributed by atoms with Crippen LogP contribution in [0.2, 0.25) is 0 Å². The molecule has 2 aromatic rings. The SMILES string of the molecule is CSCC[C@H](N)C(=O)NCc1oc2ccccc2c1C.Cl. The highest BCUT2D eigenvalue weighted by Crippen LogP contribution is 2.24. The minimum absolute atomic E-state index is 0. The number of nitrogens with one attached hydrogen (secondary N) is 1. The number of nitrogens with two attached hydrogens (primary N) is 1. The molecule has 1 aromatic heterocycles. The van der Waals surface area contributed by atoms with Crippen molar-refractivity contribution in [1.29, 1.82) is 0 Å². The summed E-state index contributed by atoms with van der Waals surface area (Å²) < 4.78 is 5.75. The standard InChI is InChI=1S/C15H20N2O2S.ClH/c1-10-11-5-3-4-6-13(11)19-14(10)9-17-15(18)12(16)7-8-20-2;/h3-6,12H,7-9,16H2,1-2H3,(H,17,18);1H/t12-;/m0./s1. The number of aryl methyl sites for hydroxylation is 1. The third-order valence-corrected chi connectivity index (χ3v) is 3.98. The zero-order valence-electron chi connectivity index (χ0n) is 12.2. The molecule has 1 amide bonds. The Morgan fingerprint density at radius 3 is 2.81 bits per heavy atom. The van der Waals surface area contributed by atoms with Crippen LogP contribution in [-0.2, 0) is 11.3 Å². The molecule has 0 spiro atoms. The molecule has 0 radical (unpaired) electrons. The molecule has 4 nitrogen and oxygen atoms in total. The fourth-order valence-corrected chi connectivity index (χ4v) is 2.56. The molecule has 0 saturated carbocycles. The Morgan fingerprint density at radius 1 is 1.43 bits per heavy atom. The fourth-order valence-electron chi connectivity index (χ4n) is 2.07. The minimum atomic E-state index is -0.452. The quantitative estimate of drug-likeness (QED) is 0.855. The van der Waals surface area contributed by atoms with E-state index in [0.29, 0.717) is 13.0 Å². The van der Waals surface area contributed by atoms with Gasteiger partial charge in [0, 0.05) is 10.9 Å². The smallest absolute Gasteiger partial charge is 0.237 e. The highest BCUT2D eigenvalue weighted by molar-refractivity contribution is 7.98. The normalized spacial score (nSPS) is 12.0. The van der Waals surface area contributed by atoms with Crippen LogP contribution in [0.4, 0.5) is 0 Å². The summed E-state index contributed by atoms with van der Waals surface area (Å²) in [6.45, 7) is 2.38. The van der Waals surface area contributed by atoms with E-state index in [0.717, 1.165) is 28.0 Å². The van der Waals surface area contributed by atoms with Gasteiger partial charge in [0.05, 0.1) is 12.6 Å². The fraction of sp³-hybridized carbons (Fsp3) is 0.400. The van der Waals surface area contributed by atoms with Crippen molar-refractivity contribution < 1.29 is 9.21 Å². The Kier molecular flexibility index (Phi) is 7.08. The van der Waals surface area contributed by atoms with Crippen molar-refractivity contribution in [2.75, 3.05) is 12.0 Å². The van der Waals surface area contributed by atoms with Crippen molar-refractivity contribution in [3.05, 3.63) is 35.6 Å². The molecule has 6 heteroatoms. The topological polar surface area (TPSA) is 68.3 Å². The van der Waals surface area contributed by atoms with Crippen LogP contribution in [0, 0.1) is 6.92 Å². The maximum atomic E-state index is 11.9. The number of fused-ring (bicyclic) bond motifs is 1. The van der Waals surface area contributed by atoms with Crippen LogP contribution < -0.4 is 11.1 Å². The summed E-state index contributed by atoms with van der Waals surface area (Å²) in [6.07, 6.45) is 2.69. The molecular weight excluding hydrogens is 308 g/mol. The van der Waals surface area contributed by atoms with E-state index in [1.807, 2.05) is 37.4 Å². The average molecular weight is 329 g/mol. The molecule has 0 aliphatic heterocycles. The van der Waals surface area contributed by atoms with Crippen LogP contribution in [0.25, 0.3) is 11.0 Å². The minimum Gasteiger partial charge on any atom is -0.459 e. The van der Waals surface area contributed by atoms with Gasteiger partial charge in [0.15, 0.2) is 0 Å². The monoisotopic (exact) mass is 328 g/mol. The number of para-hydroxylation sites is 1. The molecule has 0 saturated heterocycles. The Labute approximate surface area is 135 Å². The predicted octanol–water partition coefficient (Wildman–Crippen LogP) is 2.86.